The first-order valence-electron chi connectivity index (χ1n) is 8.15. The van der Waals surface area contributed by atoms with Crippen LogP contribution >= 0.6 is 0 Å². The van der Waals surface area contributed by atoms with Crippen molar-refractivity contribution >= 4 is 17.5 Å². The molecule has 124 valence electrons. The van der Waals surface area contributed by atoms with E-state index in [9.17, 15) is 14.0 Å². The van der Waals surface area contributed by atoms with Crippen molar-refractivity contribution < 1.29 is 14.0 Å². The first-order chi connectivity index (χ1) is 11.0. The number of nitrogens with one attached hydrogen (secondary N) is 3. The van der Waals surface area contributed by atoms with Crippen molar-refractivity contribution in [2.45, 2.75) is 57.2 Å². The molecule has 1 aromatic rings. The lowest BCUT2D eigenvalue weighted by atomic mass is 9.87. The zero-order valence-corrected chi connectivity index (χ0v) is 13.2. The summed E-state index contributed by atoms with van der Waals surface area (Å²) in [7, 11) is 0. The number of benzene rings is 1. The Morgan fingerprint density at radius 3 is 2.78 bits per heavy atom. The fraction of sp³-hybridized carbons (Fsp3) is 0.529. The van der Waals surface area contributed by atoms with E-state index in [1.165, 1.54) is 12.1 Å². The van der Waals surface area contributed by atoms with E-state index in [0.717, 1.165) is 31.2 Å². The van der Waals surface area contributed by atoms with Crippen LogP contribution in [0.2, 0.25) is 0 Å². The lowest BCUT2D eigenvalue weighted by molar-refractivity contribution is -0.129. The van der Waals surface area contributed by atoms with Gasteiger partial charge in [-0.05, 0) is 37.5 Å². The summed E-state index contributed by atoms with van der Waals surface area (Å²) in [6, 6.07) is 4.49. The number of amides is 2. The number of anilines is 1. The third-order valence-electron chi connectivity index (χ3n) is 4.61. The third kappa shape index (κ3) is 3.69. The number of hydrogen-bond donors (Lipinski definition) is 3. The summed E-state index contributed by atoms with van der Waals surface area (Å²) in [6.07, 6.45) is 4.26. The monoisotopic (exact) mass is 319 g/mol. The Labute approximate surface area is 135 Å². The van der Waals surface area contributed by atoms with Gasteiger partial charge in [0.2, 0.25) is 11.8 Å². The van der Waals surface area contributed by atoms with Gasteiger partial charge < -0.3 is 16.0 Å². The molecule has 2 aliphatic rings. The summed E-state index contributed by atoms with van der Waals surface area (Å²) in [6.45, 7) is 1.78. The fourth-order valence-corrected chi connectivity index (χ4v) is 3.38. The molecule has 0 bridgehead atoms. The molecule has 23 heavy (non-hydrogen) atoms. The summed E-state index contributed by atoms with van der Waals surface area (Å²) in [4.78, 5) is 24.2. The molecule has 3 N–H and O–H groups in total. The highest BCUT2D eigenvalue weighted by Gasteiger charge is 2.36. The smallest absolute Gasteiger partial charge is 0.237 e. The van der Waals surface area contributed by atoms with Gasteiger partial charge in [0.25, 0.3) is 0 Å². The highest BCUT2D eigenvalue weighted by atomic mass is 19.1. The molecular formula is C17H22FN3O2. The lowest BCUT2D eigenvalue weighted by Crippen LogP contribution is -2.65. The van der Waals surface area contributed by atoms with Crippen molar-refractivity contribution in [2.75, 3.05) is 5.32 Å². The van der Waals surface area contributed by atoms with Gasteiger partial charge in [-0.2, -0.15) is 0 Å². The Hall–Kier alpha value is -1.95. The van der Waals surface area contributed by atoms with Crippen LogP contribution in [-0.4, -0.2) is 29.9 Å². The molecule has 1 aliphatic carbocycles. The van der Waals surface area contributed by atoms with Gasteiger partial charge in [0.05, 0.1) is 18.2 Å². The normalized spacial score (nSPS) is 27.0. The number of halogens is 1. The number of aryl methyl sites for hydroxylation is 1. The predicted molar refractivity (Wildman–Crippen MR) is 85.5 cm³/mol. The average molecular weight is 319 g/mol. The molecule has 1 saturated heterocycles. The zero-order chi connectivity index (χ0) is 16.4. The van der Waals surface area contributed by atoms with Crippen molar-refractivity contribution in [3.8, 4) is 0 Å². The van der Waals surface area contributed by atoms with Crippen LogP contribution in [0.4, 0.5) is 10.1 Å². The SMILES string of the molecule is Cc1ccc(NC(=O)CC2NC3CCCCC3NC2=O)c(F)c1. The van der Waals surface area contributed by atoms with Crippen LogP contribution in [0.1, 0.15) is 37.7 Å². The number of hydrogen-bond acceptors (Lipinski definition) is 3. The Balaban J connectivity index is 1.59. The minimum atomic E-state index is -0.553. The minimum absolute atomic E-state index is 0.00235. The zero-order valence-electron chi connectivity index (χ0n) is 13.2. The van der Waals surface area contributed by atoms with Gasteiger partial charge in [0.1, 0.15) is 5.82 Å². The molecule has 5 nitrogen and oxygen atoms in total. The number of carbonyl (C=O) groups excluding carboxylic acids is 2. The number of piperazine rings is 1. The number of rotatable bonds is 3. The average Bonchev–Trinajstić information content (AvgIpc) is 2.51. The standard InChI is InChI=1S/C17H22FN3O2/c1-10-6-7-12(11(18)8-10)20-16(22)9-15-17(23)21-14-5-3-2-4-13(14)19-15/h6-8,13-15,19H,2-5,9H2,1H3,(H,20,22)(H,21,23). The third-order valence-corrected chi connectivity index (χ3v) is 4.61. The van der Waals surface area contributed by atoms with Crippen LogP contribution in [0.25, 0.3) is 0 Å². The highest BCUT2D eigenvalue weighted by molar-refractivity contribution is 5.95. The summed E-state index contributed by atoms with van der Waals surface area (Å²) in [5, 5.41) is 8.82. The van der Waals surface area contributed by atoms with Crippen molar-refractivity contribution in [3.05, 3.63) is 29.6 Å². The quantitative estimate of drug-likeness (QED) is 0.796. The molecule has 1 aromatic carbocycles. The van der Waals surface area contributed by atoms with E-state index in [1.807, 2.05) is 0 Å². The molecule has 1 heterocycles. The number of fused-ring (bicyclic) bond motifs is 1. The Kier molecular flexibility index (Phi) is 4.61. The lowest BCUT2D eigenvalue weighted by Gasteiger charge is -2.40. The highest BCUT2D eigenvalue weighted by Crippen LogP contribution is 2.22. The molecule has 0 radical (unpaired) electrons. The van der Waals surface area contributed by atoms with Gasteiger partial charge in [-0.3, -0.25) is 9.59 Å². The van der Waals surface area contributed by atoms with Gasteiger partial charge in [-0.15, -0.1) is 0 Å². The molecule has 3 atom stereocenters. The van der Waals surface area contributed by atoms with Crippen LogP contribution < -0.4 is 16.0 Å². The van der Waals surface area contributed by atoms with Crippen LogP contribution in [0.5, 0.6) is 0 Å². The molecule has 6 heteroatoms. The van der Waals surface area contributed by atoms with Crippen molar-refractivity contribution in [3.63, 3.8) is 0 Å². The second-order valence-electron chi connectivity index (χ2n) is 6.46. The summed E-state index contributed by atoms with van der Waals surface area (Å²) < 4.78 is 13.8. The molecule has 3 unspecified atom stereocenters. The van der Waals surface area contributed by atoms with Crippen LogP contribution in [0, 0.1) is 12.7 Å². The van der Waals surface area contributed by atoms with Crippen molar-refractivity contribution in [2.24, 2.45) is 0 Å². The second kappa shape index (κ2) is 6.66. The number of carbonyl (C=O) groups is 2. The summed E-state index contributed by atoms with van der Waals surface area (Å²) >= 11 is 0. The maximum atomic E-state index is 13.8. The fourth-order valence-electron chi connectivity index (χ4n) is 3.38. The van der Waals surface area contributed by atoms with Crippen LogP contribution in [-0.2, 0) is 9.59 Å². The van der Waals surface area contributed by atoms with Gasteiger partial charge in [0.15, 0.2) is 0 Å². The van der Waals surface area contributed by atoms with E-state index in [0.29, 0.717) is 0 Å². The minimum Gasteiger partial charge on any atom is -0.350 e. The van der Waals surface area contributed by atoms with E-state index in [2.05, 4.69) is 16.0 Å². The molecule has 0 aromatic heterocycles. The largest absolute Gasteiger partial charge is 0.350 e. The topological polar surface area (TPSA) is 70.2 Å². The summed E-state index contributed by atoms with van der Waals surface area (Å²) in [5.41, 5.74) is 0.935. The van der Waals surface area contributed by atoms with Gasteiger partial charge in [0, 0.05) is 12.1 Å². The van der Waals surface area contributed by atoms with Crippen molar-refractivity contribution in [1.29, 1.82) is 0 Å². The Morgan fingerprint density at radius 1 is 1.30 bits per heavy atom. The van der Waals surface area contributed by atoms with Crippen molar-refractivity contribution in [1.82, 2.24) is 10.6 Å². The molecule has 1 saturated carbocycles. The van der Waals surface area contributed by atoms with Crippen LogP contribution in [0.15, 0.2) is 18.2 Å². The van der Waals surface area contributed by atoms with E-state index in [4.69, 9.17) is 0 Å². The maximum Gasteiger partial charge on any atom is 0.237 e. The van der Waals surface area contributed by atoms with Crippen LogP contribution in [0.3, 0.4) is 0 Å². The maximum absolute atomic E-state index is 13.8. The molecular weight excluding hydrogens is 297 g/mol. The molecule has 2 amide bonds. The summed E-state index contributed by atoms with van der Waals surface area (Å²) in [5.74, 6) is -0.978. The van der Waals surface area contributed by atoms with E-state index < -0.39 is 11.9 Å². The molecule has 2 fully saturated rings. The molecule has 0 spiro atoms. The first kappa shape index (κ1) is 15.9. The molecule has 1 aliphatic heterocycles. The first-order valence-corrected chi connectivity index (χ1v) is 8.15. The van der Waals surface area contributed by atoms with E-state index in [-0.39, 0.29) is 36.0 Å². The molecule has 3 rings (SSSR count). The Bertz CT molecular complexity index is 620. The van der Waals surface area contributed by atoms with Gasteiger partial charge in [-0.25, -0.2) is 4.39 Å². The second-order valence-corrected chi connectivity index (χ2v) is 6.46. The Morgan fingerprint density at radius 2 is 2.04 bits per heavy atom. The van der Waals surface area contributed by atoms with E-state index >= 15 is 0 Å². The predicted octanol–water partition coefficient (Wildman–Crippen LogP) is 1.86. The van der Waals surface area contributed by atoms with Gasteiger partial charge >= 0.3 is 0 Å². The van der Waals surface area contributed by atoms with E-state index in [1.54, 1.807) is 13.0 Å². The van der Waals surface area contributed by atoms with Gasteiger partial charge in [-0.1, -0.05) is 18.9 Å².